The molecule has 1 aromatic heterocycles. The molecule has 19 heavy (non-hydrogen) atoms. The number of halogens is 4. The number of benzene rings is 1. The molecule has 0 unspecified atom stereocenters. The highest BCUT2D eigenvalue weighted by Gasteiger charge is 2.34. The van der Waals surface area contributed by atoms with Crippen molar-refractivity contribution in [3.63, 3.8) is 0 Å². The summed E-state index contributed by atoms with van der Waals surface area (Å²) in [5, 5.41) is 8.31. The number of fused-ring (bicyclic) bond motifs is 1. The van der Waals surface area contributed by atoms with Gasteiger partial charge in [-0.05, 0) is 18.2 Å². The summed E-state index contributed by atoms with van der Waals surface area (Å²) in [6, 6.07) is 2.66. The minimum atomic E-state index is -4.64. The molecule has 0 aliphatic rings. The number of rotatable bonds is 1. The van der Waals surface area contributed by atoms with Gasteiger partial charge in [0.05, 0.1) is 16.1 Å². The van der Waals surface area contributed by atoms with Gasteiger partial charge < -0.3 is 10.8 Å². The maximum Gasteiger partial charge on any atom is 0.417 e. The van der Waals surface area contributed by atoms with E-state index in [9.17, 15) is 18.0 Å². The SMILES string of the molecule is Nc1cc(C(=O)O)nc2c(Cl)ccc(C(F)(F)F)c12. The second kappa shape index (κ2) is 4.27. The van der Waals surface area contributed by atoms with E-state index < -0.39 is 28.8 Å². The van der Waals surface area contributed by atoms with E-state index in [0.29, 0.717) is 0 Å². The smallest absolute Gasteiger partial charge is 0.417 e. The quantitative estimate of drug-likeness (QED) is 0.845. The van der Waals surface area contributed by atoms with Crippen LogP contribution in [0.15, 0.2) is 18.2 Å². The molecule has 3 N–H and O–H groups in total. The summed E-state index contributed by atoms with van der Waals surface area (Å²) in [7, 11) is 0. The van der Waals surface area contributed by atoms with Crippen LogP contribution in [0, 0.1) is 0 Å². The third kappa shape index (κ3) is 2.28. The fraction of sp³-hybridized carbons (Fsp3) is 0.0909. The van der Waals surface area contributed by atoms with Crippen molar-refractivity contribution in [1.29, 1.82) is 0 Å². The molecule has 0 atom stereocenters. The number of hydrogen-bond donors (Lipinski definition) is 2. The summed E-state index contributed by atoms with van der Waals surface area (Å²) in [5.41, 5.74) is 3.41. The lowest BCUT2D eigenvalue weighted by Crippen LogP contribution is -2.09. The number of carboxylic acid groups (broad SMARTS) is 1. The summed E-state index contributed by atoms with van der Waals surface area (Å²) in [6.45, 7) is 0. The van der Waals surface area contributed by atoms with E-state index in [1.165, 1.54) is 0 Å². The number of alkyl halides is 3. The molecular weight excluding hydrogens is 285 g/mol. The predicted molar refractivity (Wildman–Crippen MR) is 63.1 cm³/mol. The van der Waals surface area contributed by atoms with Gasteiger partial charge in [-0.3, -0.25) is 0 Å². The van der Waals surface area contributed by atoms with Crippen LogP contribution >= 0.6 is 11.6 Å². The topological polar surface area (TPSA) is 76.2 Å². The minimum Gasteiger partial charge on any atom is -0.477 e. The zero-order valence-corrected chi connectivity index (χ0v) is 9.88. The van der Waals surface area contributed by atoms with Crippen molar-refractivity contribution in [1.82, 2.24) is 4.98 Å². The van der Waals surface area contributed by atoms with E-state index in [-0.39, 0.29) is 16.2 Å². The lowest BCUT2D eigenvalue weighted by Gasteiger charge is -2.13. The van der Waals surface area contributed by atoms with Crippen LogP contribution in [-0.2, 0) is 6.18 Å². The van der Waals surface area contributed by atoms with Crippen molar-refractivity contribution in [2.24, 2.45) is 0 Å². The Morgan fingerprint density at radius 1 is 1.37 bits per heavy atom. The first-order valence-corrected chi connectivity index (χ1v) is 5.29. The highest BCUT2D eigenvalue weighted by Crippen LogP contribution is 2.39. The van der Waals surface area contributed by atoms with Crippen molar-refractivity contribution >= 4 is 34.2 Å². The molecule has 0 amide bonds. The molecule has 1 aromatic carbocycles. The van der Waals surface area contributed by atoms with Gasteiger partial charge in [-0.15, -0.1) is 0 Å². The first kappa shape index (κ1) is 13.4. The first-order valence-electron chi connectivity index (χ1n) is 4.91. The number of carboxylic acids is 1. The molecular formula is C11H6ClF3N2O2. The molecule has 0 saturated heterocycles. The second-order valence-corrected chi connectivity index (χ2v) is 4.13. The van der Waals surface area contributed by atoms with Crippen LogP contribution in [0.3, 0.4) is 0 Å². The monoisotopic (exact) mass is 290 g/mol. The number of nitrogens with two attached hydrogens (primary N) is 1. The van der Waals surface area contributed by atoms with Crippen LogP contribution in [0.1, 0.15) is 16.1 Å². The molecule has 100 valence electrons. The van der Waals surface area contributed by atoms with Gasteiger partial charge in [0.2, 0.25) is 0 Å². The van der Waals surface area contributed by atoms with Crippen LogP contribution in [0.25, 0.3) is 10.9 Å². The van der Waals surface area contributed by atoms with Crippen LogP contribution in [0.4, 0.5) is 18.9 Å². The molecule has 0 bridgehead atoms. The summed E-state index contributed by atoms with van der Waals surface area (Å²) >= 11 is 5.75. The largest absolute Gasteiger partial charge is 0.477 e. The van der Waals surface area contributed by atoms with E-state index in [4.69, 9.17) is 22.4 Å². The maximum atomic E-state index is 12.8. The molecule has 8 heteroatoms. The van der Waals surface area contributed by atoms with Crippen LogP contribution in [0.2, 0.25) is 5.02 Å². The Morgan fingerprint density at radius 3 is 2.53 bits per heavy atom. The molecule has 0 aliphatic heterocycles. The average Bonchev–Trinajstić information content (AvgIpc) is 2.28. The maximum absolute atomic E-state index is 12.8. The number of anilines is 1. The third-order valence-electron chi connectivity index (χ3n) is 2.47. The third-order valence-corrected chi connectivity index (χ3v) is 2.77. The second-order valence-electron chi connectivity index (χ2n) is 3.72. The average molecular weight is 291 g/mol. The van der Waals surface area contributed by atoms with Crippen molar-refractivity contribution in [2.45, 2.75) is 6.18 Å². The molecule has 0 spiro atoms. The van der Waals surface area contributed by atoms with E-state index >= 15 is 0 Å². The van der Waals surface area contributed by atoms with Crippen molar-refractivity contribution in [3.05, 3.63) is 34.5 Å². The standard InChI is InChI=1S/C11H6ClF3N2O2/c12-5-2-1-4(11(13,14)15)8-6(16)3-7(10(18)19)17-9(5)8/h1-3H,(H2,16,17)(H,18,19). The van der Waals surface area contributed by atoms with Gasteiger partial charge in [-0.1, -0.05) is 11.6 Å². The Labute approximate surface area is 109 Å². The summed E-state index contributed by atoms with van der Waals surface area (Å²) < 4.78 is 38.5. The molecule has 2 rings (SSSR count). The van der Waals surface area contributed by atoms with E-state index in [1.807, 2.05) is 0 Å². The zero-order chi connectivity index (χ0) is 14.4. The molecule has 2 aromatic rings. The lowest BCUT2D eigenvalue weighted by molar-refractivity contribution is -0.136. The van der Waals surface area contributed by atoms with Crippen LogP contribution in [-0.4, -0.2) is 16.1 Å². The highest BCUT2D eigenvalue weighted by atomic mass is 35.5. The number of hydrogen-bond acceptors (Lipinski definition) is 3. The van der Waals surface area contributed by atoms with E-state index in [2.05, 4.69) is 4.98 Å². The molecule has 0 fully saturated rings. The zero-order valence-electron chi connectivity index (χ0n) is 9.12. The van der Waals surface area contributed by atoms with Gasteiger partial charge >= 0.3 is 12.1 Å². The molecule has 0 radical (unpaired) electrons. The molecule has 4 nitrogen and oxygen atoms in total. The fourth-order valence-electron chi connectivity index (χ4n) is 1.69. The van der Waals surface area contributed by atoms with Gasteiger partial charge in [0.25, 0.3) is 0 Å². The Hall–Kier alpha value is -2.02. The van der Waals surface area contributed by atoms with Crippen LogP contribution < -0.4 is 5.73 Å². The number of carbonyl (C=O) groups is 1. The number of nitrogens with zero attached hydrogens (tertiary/aromatic N) is 1. The number of aromatic nitrogens is 1. The molecule has 0 saturated carbocycles. The van der Waals surface area contributed by atoms with Gasteiger partial charge in [-0.25, -0.2) is 9.78 Å². The lowest BCUT2D eigenvalue weighted by atomic mass is 10.1. The van der Waals surface area contributed by atoms with Crippen molar-refractivity contribution in [2.75, 3.05) is 5.73 Å². The van der Waals surface area contributed by atoms with E-state index in [0.717, 1.165) is 18.2 Å². The predicted octanol–water partition coefficient (Wildman–Crippen LogP) is 3.19. The first-order chi connectivity index (χ1) is 8.71. The van der Waals surface area contributed by atoms with Gasteiger partial charge in [0, 0.05) is 11.1 Å². The number of pyridine rings is 1. The summed E-state index contributed by atoms with van der Waals surface area (Å²) in [6.07, 6.45) is -4.64. The Bertz CT molecular complexity index is 686. The van der Waals surface area contributed by atoms with Crippen molar-refractivity contribution < 1.29 is 23.1 Å². The van der Waals surface area contributed by atoms with Gasteiger partial charge in [0.15, 0.2) is 5.69 Å². The minimum absolute atomic E-state index is 0.0993. The Kier molecular flexibility index (Phi) is 3.01. The molecule has 0 aliphatic carbocycles. The van der Waals surface area contributed by atoms with E-state index in [1.54, 1.807) is 0 Å². The number of aromatic carboxylic acids is 1. The summed E-state index contributed by atoms with van der Waals surface area (Å²) in [5.74, 6) is -1.40. The summed E-state index contributed by atoms with van der Waals surface area (Å²) in [4.78, 5) is 14.4. The number of nitrogen functional groups attached to an aromatic ring is 1. The van der Waals surface area contributed by atoms with Crippen molar-refractivity contribution in [3.8, 4) is 0 Å². The highest BCUT2D eigenvalue weighted by molar-refractivity contribution is 6.35. The molecule has 1 heterocycles. The Balaban J connectivity index is 2.92. The fourth-order valence-corrected chi connectivity index (χ4v) is 1.88. The normalized spacial score (nSPS) is 11.8. The van der Waals surface area contributed by atoms with Gasteiger partial charge in [0.1, 0.15) is 0 Å². The van der Waals surface area contributed by atoms with Gasteiger partial charge in [-0.2, -0.15) is 13.2 Å². The Morgan fingerprint density at radius 2 is 2.00 bits per heavy atom. The van der Waals surface area contributed by atoms with Crippen LogP contribution in [0.5, 0.6) is 0 Å².